The average Bonchev–Trinajstić information content (AvgIpc) is 3.26. The van der Waals surface area contributed by atoms with Crippen LogP contribution in [0, 0.1) is 12.3 Å². The molecule has 3 aromatic heterocycles. The zero-order valence-corrected chi connectivity index (χ0v) is 14.7. The standard InChI is InChI=1S/C16H13ClF2N4O2S/c1-2-8-13-14(25-15(8)16(18,19)10(20)7-24)9(5-11(17)23-13)22-6-12-21-3-4-26-12/h1,3-5,10,24H,6-7,20H2,(H,22,23)/t10-/m0/s1. The normalized spacial score (nSPS) is 12.9. The molecule has 0 bridgehead atoms. The molecule has 0 fully saturated rings. The quantitative estimate of drug-likeness (QED) is 0.436. The van der Waals surface area contributed by atoms with E-state index in [9.17, 15) is 8.78 Å². The predicted octanol–water partition coefficient (Wildman–Crippen LogP) is 2.94. The summed E-state index contributed by atoms with van der Waals surface area (Å²) in [5, 5.41) is 14.7. The molecule has 4 N–H and O–H groups in total. The van der Waals surface area contributed by atoms with E-state index >= 15 is 0 Å². The Morgan fingerprint density at radius 2 is 2.31 bits per heavy atom. The molecular formula is C16H13ClF2N4O2S. The van der Waals surface area contributed by atoms with Crippen molar-refractivity contribution >= 4 is 39.7 Å². The lowest BCUT2D eigenvalue weighted by Gasteiger charge is -2.19. The fraction of sp³-hybridized carbons (Fsp3) is 0.250. The van der Waals surface area contributed by atoms with Crippen molar-refractivity contribution in [3.63, 3.8) is 0 Å². The topological polar surface area (TPSA) is 97.2 Å². The highest BCUT2D eigenvalue weighted by molar-refractivity contribution is 7.09. The molecule has 0 aliphatic carbocycles. The number of aliphatic hydroxyl groups is 1. The van der Waals surface area contributed by atoms with E-state index in [1.54, 1.807) is 6.20 Å². The first-order chi connectivity index (χ1) is 12.4. The van der Waals surface area contributed by atoms with Crippen LogP contribution in [0.1, 0.15) is 16.3 Å². The van der Waals surface area contributed by atoms with Gasteiger partial charge in [0.2, 0.25) is 0 Å². The molecule has 0 saturated heterocycles. The van der Waals surface area contributed by atoms with E-state index in [0.29, 0.717) is 12.2 Å². The molecule has 0 amide bonds. The molecule has 3 rings (SSSR count). The van der Waals surface area contributed by atoms with Crippen LogP contribution in [0.25, 0.3) is 11.1 Å². The lowest BCUT2D eigenvalue weighted by molar-refractivity contribution is -0.0631. The Bertz CT molecular complexity index is 969. The zero-order valence-electron chi connectivity index (χ0n) is 13.2. The number of pyridine rings is 1. The Morgan fingerprint density at radius 3 is 2.92 bits per heavy atom. The number of thiazole rings is 1. The molecular weight excluding hydrogens is 386 g/mol. The fourth-order valence-electron chi connectivity index (χ4n) is 2.33. The smallest absolute Gasteiger partial charge is 0.322 e. The number of hydrogen-bond donors (Lipinski definition) is 3. The Labute approximate surface area is 156 Å². The predicted molar refractivity (Wildman–Crippen MR) is 95.3 cm³/mol. The number of alkyl halides is 2. The molecule has 0 radical (unpaired) electrons. The molecule has 0 unspecified atom stereocenters. The van der Waals surface area contributed by atoms with Gasteiger partial charge < -0.3 is 20.6 Å². The summed E-state index contributed by atoms with van der Waals surface area (Å²) in [7, 11) is 0. The van der Waals surface area contributed by atoms with Gasteiger partial charge in [0, 0.05) is 17.6 Å². The summed E-state index contributed by atoms with van der Waals surface area (Å²) in [6, 6.07) is -0.438. The summed E-state index contributed by atoms with van der Waals surface area (Å²) in [5.74, 6) is -2.36. The van der Waals surface area contributed by atoms with Gasteiger partial charge in [0.1, 0.15) is 15.7 Å². The fourth-order valence-corrected chi connectivity index (χ4v) is 3.08. The monoisotopic (exact) mass is 398 g/mol. The van der Waals surface area contributed by atoms with E-state index < -0.39 is 24.3 Å². The third-order valence-electron chi connectivity index (χ3n) is 3.63. The van der Waals surface area contributed by atoms with E-state index in [0.717, 1.165) is 5.01 Å². The first-order valence-corrected chi connectivity index (χ1v) is 8.60. The molecule has 0 saturated carbocycles. The number of nitrogens with zero attached hydrogens (tertiary/aromatic N) is 2. The maximum atomic E-state index is 14.5. The number of hydrogen-bond acceptors (Lipinski definition) is 7. The molecule has 0 aromatic carbocycles. The van der Waals surface area contributed by atoms with Crippen molar-refractivity contribution in [3.8, 4) is 12.3 Å². The van der Waals surface area contributed by atoms with Gasteiger partial charge in [-0.25, -0.2) is 9.97 Å². The molecule has 0 aliphatic heterocycles. The third kappa shape index (κ3) is 3.24. The number of nitrogens with two attached hydrogens (primary N) is 1. The second-order valence-electron chi connectivity index (χ2n) is 5.31. The molecule has 3 heterocycles. The minimum Gasteiger partial charge on any atom is -0.449 e. The van der Waals surface area contributed by atoms with Crippen LogP contribution in [-0.2, 0) is 12.5 Å². The minimum atomic E-state index is -3.68. The van der Waals surface area contributed by atoms with Gasteiger partial charge in [-0.3, -0.25) is 0 Å². The molecule has 26 heavy (non-hydrogen) atoms. The number of aromatic nitrogens is 2. The molecule has 0 aliphatic rings. The van der Waals surface area contributed by atoms with Crippen molar-refractivity contribution in [1.82, 2.24) is 9.97 Å². The molecule has 10 heteroatoms. The van der Waals surface area contributed by atoms with Crippen LogP contribution in [0.4, 0.5) is 14.5 Å². The SMILES string of the molecule is C#Cc1c(C(F)(F)[C@@H](N)CO)oc2c(NCc3nccs3)cc(Cl)nc12. The number of aliphatic hydroxyl groups excluding tert-OH is 1. The molecule has 3 aromatic rings. The summed E-state index contributed by atoms with van der Waals surface area (Å²) < 4.78 is 34.4. The van der Waals surface area contributed by atoms with Crippen LogP contribution >= 0.6 is 22.9 Å². The van der Waals surface area contributed by atoms with E-state index in [1.165, 1.54) is 17.4 Å². The molecule has 136 valence electrons. The highest BCUT2D eigenvalue weighted by Crippen LogP contribution is 2.40. The second-order valence-corrected chi connectivity index (χ2v) is 6.68. The van der Waals surface area contributed by atoms with Crippen molar-refractivity contribution < 1.29 is 18.3 Å². The first-order valence-electron chi connectivity index (χ1n) is 7.35. The number of terminal acetylenes is 1. The summed E-state index contributed by atoms with van der Waals surface area (Å²) in [5.41, 5.74) is 5.45. The van der Waals surface area contributed by atoms with E-state index in [1.807, 2.05) is 5.38 Å². The minimum absolute atomic E-state index is 0.0152. The summed E-state index contributed by atoms with van der Waals surface area (Å²) in [4.78, 5) is 8.14. The van der Waals surface area contributed by atoms with Crippen molar-refractivity contribution in [2.24, 2.45) is 5.73 Å². The lowest BCUT2D eigenvalue weighted by Crippen LogP contribution is -2.41. The maximum absolute atomic E-state index is 14.5. The van der Waals surface area contributed by atoms with Gasteiger partial charge in [-0.05, 0) is 0 Å². The van der Waals surface area contributed by atoms with Gasteiger partial charge in [0.25, 0.3) is 0 Å². The van der Waals surface area contributed by atoms with Crippen molar-refractivity contribution in [1.29, 1.82) is 0 Å². The van der Waals surface area contributed by atoms with Crippen molar-refractivity contribution in [2.45, 2.75) is 18.5 Å². The lowest BCUT2D eigenvalue weighted by atomic mass is 10.1. The maximum Gasteiger partial charge on any atom is 0.322 e. The Morgan fingerprint density at radius 1 is 1.54 bits per heavy atom. The van der Waals surface area contributed by atoms with Gasteiger partial charge in [-0.1, -0.05) is 17.5 Å². The number of nitrogens with one attached hydrogen (secondary N) is 1. The number of rotatable bonds is 6. The van der Waals surface area contributed by atoms with Crippen molar-refractivity contribution in [3.05, 3.63) is 39.1 Å². The van der Waals surface area contributed by atoms with E-state index in [-0.39, 0.29) is 21.8 Å². The Kier molecular flexibility index (Phi) is 5.11. The van der Waals surface area contributed by atoms with E-state index in [2.05, 4.69) is 21.2 Å². The zero-order chi connectivity index (χ0) is 18.9. The average molecular weight is 399 g/mol. The van der Waals surface area contributed by atoms with Crippen molar-refractivity contribution in [2.75, 3.05) is 11.9 Å². The number of halogens is 3. The van der Waals surface area contributed by atoms with E-state index in [4.69, 9.17) is 33.3 Å². The van der Waals surface area contributed by atoms with Crippen LogP contribution in [-0.4, -0.2) is 27.7 Å². The Hall–Kier alpha value is -2.25. The number of anilines is 1. The number of furan rings is 1. The third-order valence-corrected chi connectivity index (χ3v) is 4.61. The number of fused-ring (bicyclic) bond motifs is 1. The van der Waals surface area contributed by atoms with Crippen LogP contribution in [0.15, 0.2) is 22.1 Å². The van der Waals surface area contributed by atoms with Gasteiger partial charge in [-0.15, -0.1) is 17.8 Å². The highest BCUT2D eigenvalue weighted by atomic mass is 35.5. The Balaban J connectivity index is 2.12. The molecule has 0 spiro atoms. The second kappa shape index (κ2) is 7.17. The summed E-state index contributed by atoms with van der Waals surface area (Å²) in [6.07, 6.45) is 7.04. The summed E-state index contributed by atoms with van der Waals surface area (Å²) in [6.45, 7) is -0.613. The van der Waals surface area contributed by atoms with Gasteiger partial charge >= 0.3 is 5.92 Å². The van der Waals surface area contributed by atoms with Crippen LogP contribution in [0.3, 0.4) is 0 Å². The van der Waals surface area contributed by atoms with Crippen LogP contribution in [0.2, 0.25) is 5.15 Å². The van der Waals surface area contributed by atoms with Gasteiger partial charge in [-0.2, -0.15) is 8.78 Å². The molecule has 1 atom stereocenters. The van der Waals surface area contributed by atoms with Gasteiger partial charge in [0.05, 0.1) is 30.4 Å². The summed E-state index contributed by atoms with van der Waals surface area (Å²) >= 11 is 7.43. The molecule has 6 nitrogen and oxygen atoms in total. The first kappa shape index (κ1) is 18.5. The largest absolute Gasteiger partial charge is 0.449 e. The highest BCUT2D eigenvalue weighted by Gasteiger charge is 2.45. The van der Waals surface area contributed by atoms with Crippen LogP contribution < -0.4 is 11.1 Å². The van der Waals surface area contributed by atoms with Gasteiger partial charge in [0.15, 0.2) is 11.3 Å². The van der Waals surface area contributed by atoms with Crippen LogP contribution in [0.5, 0.6) is 0 Å².